The van der Waals surface area contributed by atoms with Crippen molar-refractivity contribution in [1.82, 2.24) is 4.90 Å². The van der Waals surface area contributed by atoms with Crippen LogP contribution in [0.4, 0.5) is 0 Å². The van der Waals surface area contributed by atoms with Gasteiger partial charge < -0.3 is 9.64 Å². The fourth-order valence-corrected chi connectivity index (χ4v) is 1.63. The second-order valence-corrected chi connectivity index (χ2v) is 3.85. The van der Waals surface area contributed by atoms with Gasteiger partial charge in [0.1, 0.15) is 12.4 Å². The smallest absolute Gasteiger partial charge is 0.119 e. The molecule has 1 aromatic carbocycles. The lowest BCUT2D eigenvalue weighted by atomic mass is 10.2. The molecule has 0 aliphatic heterocycles. The summed E-state index contributed by atoms with van der Waals surface area (Å²) in [6.07, 6.45) is 0.458. The molecule has 0 aliphatic carbocycles. The average Bonchev–Trinajstić information content (AvgIpc) is 2.37. The molecule has 0 atom stereocenters. The number of hydrogen-bond acceptors (Lipinski definition) is 3. The summed E-state index contributed by atoms with van der Waals surface area (Å²) in [5.41, 5.74) is 1.03. The lowest BCUT2D eigenvalue weighted by Gasteiger charge is -2.17. The van der Waals surface area contributed by atoms with E-state index in [4.69, 9.17) is 10.00 Å². The second kappa shape index (κ2) is 7.70. The number of nitrogens with zero attached hydrogens (tertiary/aromatic N) is 2. The molecule has 0 radical (unpaired) electrons. The molecule has 92 valence electrons. The van der Waals surface area contributed by atoms with E-state index in [2.05, 4.69) is 24.8 Å². The Morgan fingerprint density at radius 2 is 1.82 bits per heavy atom. The van der Waals surface area contributed by atoms with E-state index in [0.717, 1.165) is 30.9 Å². The molecule has 3 heteroatoms. The van der Waals surface area contributed by atoms with Gasteiger partial charge in [0.05, 0.1) is 12.5 Å². The maximum absolute atomic E-state index is 8.56. The van der Waals surface area contributed by atoms with Gasteiger partial charge in [-0.25, -0.2) is 0 Å². The summed E-state index contributed by atoms with van der Waals surface area (Å²) in [5, 5.41) is 8.56. The molecule has 0 saturated carbocycles. The summed E-state index contributed by atoms with van der Waals surface area (Å²) >= 11 is 0. The van der Waals surface area contributed by atoms with Gasteiger partial charge in [-0.05, 0) is 30.8 Å². The van der Waals surface area contributed by atoms with Gasteiger partial charge in [-0.15, -0.1) is 0 Å². The van der Waals surface area contributed by atoms with E-state index < -0.39 is 0 Å². The van der Waals surface area contributed by atoms with E-state index in [0.29, 0.717) is 13.0 Å². The van der Waals surface area contributed by atoms with Crippen LogP contribution in [0.5, 0.6) is 5.75 Å². The van der Waals surface area contributed by atoms with Gasteiger partial charge >= 0.3 is 0 Å². The number of hydrogen-bond donors (Lipinski definition) is 0. The Labute approximate surface area is 104 Å². The van der Waals surface area contributed by atoms with Gasteiger partial charge in [0.2, 0.25) is 0 Å². The van der Waals surface area contributed by atoms with E-state index in [1.807, 2.05) is 24.3 Å². The number of rotatable bonds is 7. The maximum Gasteiger partial charge on any atom is 0.119 e. The molecule has 0 aliphatic rings. The fraction of sp³-hybridized carbons (Fsp3) is 0.500. The Morgan fingerprint density at radius 3 is 2.35 bits per heavy atom. The Bertz CT molecular complexity index is 349. The predicted molar refractivity (Wildman–Crippen MR) is 69.0 cm³/mol. The van der Waals surface area contributed by atoms with Crippen LogP contribution in [0.1, 0.15) is 19.4 Å². The third-order valence-corrected chi connectivity index (χ3v) is 2.78. The number of nitriles is 1. The monoisotopic (exact) mass is 232 g/mol. The van der Waals surface area contributed by atoms with Crippen LogP contribution < -0.4 is 4.74 Å². The Morgan fingerprint density at radius 1 is 1.18 bits per heavy atom. The summed E-state index contributed by atoms with van der Waals surface area (Å²) in [6.45, 7) is 8.08. The molecular weight excluding hydrogens is 212 g/mol. The van der Waals surface area contributed by atoms with Gasteiger partial charge in [0.15, 0.2) is 0 Å². The summed E-state index contributed by atoms with van der Waals surface area (Å²) < 4.78 is 5.65. The molecule has 0 amide bonds. The van der Waals surface area contributed by atoms with Gasteiger partial charge in [0, 0.05) is 6.54 Å². The van der Waals surface area contributed by atoms with E-state index in [1.54, 1.807) is 0 Å². The highest BCUT2D eigenvalue weighted by Gasteiger charge is 1.99. The van der Waals surface area contributed by atoms with Crippen LogP contribution in [0.15, 0.2) is 24.3 Å². The van der Waals surface area contributed by atoms with Crippen molar-refractivity contribution in [2.24, 2.45) is 0 Å². The lowest BCUT2D eigenvalue weighted by Crippen LogP contribution is -2.27. The molecule has 1 aromatic rings. The average molecular weight is 232 g/mol. The molecule has 0 aromatic heterocycles. The molecule has 0 spiro atoms. The molecule has 0 heterocycles. The molecule has 0 saturated heterocycles. The maximum atomic E-state index is 8.56. The van der Waals surface area contributed by atoms with Crippen LogP contribution in [0.3, 0.4) is 0 Å². The van der Waals surface area contributed by atoms with E-state index in [-0.39, 0.29) is 0 Å². The van der Waals surface area contributed by atoms with Crippen LogP contribution in [-0.4, -0.2) is 31.1 Å². The summed E-state index contributed by atoms with van der Waals surface area (Å²) in [4.78, 5) is 2.32. The number of benzene rings is 1. The van der Waals surface area contributed by atoms with Gasteiger partial charge in [0.25, 0.3) is 0 Å². The molecule has 0 bridgehead atoms. The molecule has 0 N–H and O–H groups in total. The zero-order valence-corrected chi connectivity index (χ0v) is 10.6. The van der Waals surface area contributed by atoms with Crippen LogP contribution in [0.25, 0.3) is 0 Å². The topological polar surface area (TPSA) is 36.3 Å². The predicted octanol–water partition coefficient (Wildman–Crippen LogP) is 2.47. The normalized spacial score (nSPS) is 10.2. The fourth-order valence-electron chi connectivity index (χ4n) is 1.63. The first-order chi connectivity index (χ1) is 8.30. The van der Waals surface area contributed by atoms with Crippen molar-refractivity contribution in [3.05, 3.63) is 29.8 Å². The first-order valence-electron chi connectivity index (χ1n) is 6.11. The van der Waals surface area contributed by atoms with Crippen LogP contribution in [0, 0.1) is 11.3 Å². The quantitative estimate of drug-likeness (QED) is 0.724. The minimum absolute atomic E-state index is 0.458. The van der Waals surface area contributed by atoms with Gasteiger partial charge in [-0.2, -0.15) is 5.26 Å². The zero-order chi connectivity index (χ0) is 12.5. The summed E-state index contributed by atoms with van der Waals surface area (Å²) in [6, 6.07) is 9.86. The zero-order valence-electron chi connectivity index (χ0n) is 10.6. The Balaban J connectivity index is 2.34. The van der Waals surface area contributed by atoms with Crippen molar-refractivity contribution in [2.75, 3.05) is 26.2 Å². The van der Waals surface area contributed by atoms with Crippen molar-refractivity contribution in [2.45, 2.75) is 20.3 Å². The molecule has 1 rings (SSSR count). The standard InChI is InChI=1S/C14H20N2O/c1-3-16(4-2)11-12-17-14-7-5-13(6-8-14)9-10-15/h5-8H,3-4,9,11-12H2,1-2H3. The van der Waals surface area contributed by atoms with Crippen molar-refractivity contribution >= 4 is 0 Å². The lowest BCUT2D eigenvalue weighted by molar-refractivity contribution is 0.223. The third kappa shape index (κ3) is 4.88. The third-order valence-electron chi connectivity index (χ3n) is 2.78. The van der Waals surface area contributed by atoms with Crippen LogP contribution in [0.2, 0.25) is 0 Å². The molecule has 0 fully saturated rings. The highest BCUT2D eigenvalue weighted by atomic mass is 16.5. The Hall–Kier alpha value is -1.53. The van der Waals surface area contributed by atoms with Crippen LogP contribution >= 0.6 is 0 Å². The van der Waals surface area contributed by atoms with E-state index >= 15 is 0 Å². The SMILES string of the molecule is CCN(CC)CCOc1ccc(CC#N)cc1. The van der Waals surface area contributed by atoms with Crippen molar-refractivity contribution in [3.8, 4) is 11.8 Å². The number of likely N-dealkylation sites (N-methyl/N-ethyl adjacent to an activating group) is 1. The number of ether oxygens (including phenoxy) is 1. The molecule has 17 heavy (non-hydrogen) atoms. The second-order valence-electron chi connectivity index (χ2n) is 3.85. The minimum Gasteiger partial charge on any atom is -0.492 e. The van der Waals surface area contributed by atoms with Crippen molar-refractivity contribution < 1.29 is 4.74 Å². The van der Waals surface area contributed by atoms with Gasteiger partial charge in [-0.3, -0.25) is 0 Å². The highest BCUT2D eigenvalue weighted by Crippen LogP contribution is 2.12. The van der Waals surface area contributed by atoms with E-state index in [9.17, 15) is 0 Å². The largest absolute Gasteiger partial charge is 0.492 e. The van der Waals surface area contributed by atoms with E-state index in [1.165, 1.54) is 0 Å². The Kier molecular flexibility index (Phi) is 6.13. The first-order valence-corrected chi connectivity index (χ1v) is 6.11. The molecular formula is C14H20N2O. The van der Waals surface area contributed by atoms with Gasteiger partial charge in [-0.1, -0.05) is 26.0 Å². The molecule has 0 unspecified atom stereocenters. The van der Waals surface area contributed by atoms with Crippen molar-refractivity contribution in [1.29, 1.82) is 5.26 Å². The van der Waals surface area contributed by atoms with Crippen molar-refractivity contribution in [3.63, 3.8) is 0 Å². The first kappa shape index (κ1) is 13.5. The van der Waals surface area contributed by atoms with Crippen LogP contribution in [-0.2, 0) is 6.42 Å². The molecule has 3 nitrogen and oxygen atoms in total. The highest BCUT2D eigenvalue weighted by molar-refractivity contribution is 5.28. The summed E-state index contributed by atoms with van der Waals surface area (Å²) in [5.74, 6) is 0.874. The summed E-state index contributed by atoms with van der Waals surface area (Å²) in [7, 11) is 0. The minimum atomic E-state index is 0.458.